The van der Waals surface area contributed by atoms with Crippen molar-refractivity contribution in [3.05, 3.63) is 39.9 Å². The van der Waals surface area contributed by atoms with E-state index in [4.69, 9.17) is 4.74 Å². The van der Waals surface area contributed by atoms with Crippen molar-refractivity contribution in [2.24, 2.45) is 0 Å². The smallest absolute Gasteiger partial charge is 0.227 e. The minimum Gasteiger partial charge on any atom is -0.437 e. The quantitative estimate of drug-likeness (QED) is 0.852. The third-order valence-corrected chi connectivity index (χ3v) is 3.51. The van der Waals surface area contributed by atoms with Crippen molar-refractivity contribution >= 4 is 21.7 Å². The van der Waals surface area contributed by atoms with Crippen LogP contribution >= 0.6 is 15.9 Å². The molecule has 0 bridgehead atoms. The molecule has 4 nitrogen and oxygen atoms in total. The molecule has 0 radical (unpaired) electrons. The average molecular weight is 354 g/mol. The number of nitrogens with zero attached hydrogens (tertiary/aromatic N) is 2. The first-order chi connectivity index (χ1) is 10.0. The Hall–Kier alpha value is -1.69. The second-order valence-electron chi connectivity index (χ2n) is 4.65. The van der Waals surface area contributed by atoms with Gasteiger partial charge in [0.15, 0.2) is 0 Å². The van der Waals surface area contributed by atoms with Gasteiger partial charge in [-0.3, -0.25) is 0 Å². The lowest BCUT2D eigenvalue weighted by molar-refractivity contribution is 0.449. The summed E-state index contributed by atoms with van der Waals surface area (Å²) < 4.78 is 19.7. The summed E-state index contributed by atoms with van der Waals surface area (Å²) >= 11 is 3.34. The molecule has 0 atom stereocenters. The molecule has 0 unspecified atom stereocenters. The van der Waals surface area contributed by atoms with Gasteiger partial charge in [0.05, 0.1) is 10.0 Å². The van der Waals surface area contributed by atoms with E-state index in [0.717, 1.165) is 24.3 Å². The number of ether oxygens (including phenoxy) is 1. The van der Waals surface area contributed by atoms with Gasteiger partial charge < -0.3 is 10.1 Å². The van der Waals surface area contributed by atoms with Gasteiger partial charge in [-0.1, -0.05) is 6.92 Å². The molecule has 1 heterocycles. The fourth-order valence-electron chi connectivity index (χ4n) is 1.78. The topological polar surface area (TPSA) is 47.0 Å². The predicted octanol–water partition coefficient (Wildman–Crippen LogP) is 4.61. The van der Waals surface area contributed by atoms with E-state index in [9.17, 15) is 4.39 Å². The van der Waals surface area contributed by atoms with Gasteiger partial charge in [-0.25, -0.2) is 9.37 Å². The van der Waals surface area contributed by atoms with Gasteiger partial charge >= 0.3 is 0 Å². The van der Waals surface area contributed by atoms with E-state index in [-0.39, 0.29) is 5.82 Å². The van der Waals surface area contributed by atoms with Crippen molar-refractivity contribution in [3.8, 4) is 11.6 Å². The number of nitrogens with one attached hydrogen (secondary N) is 1. The van der Waals surface area contributed by atoms with Crippen molar-refractivity contribution in [3.63, 3.8) is 0 Å². The maximum Gasteiger partial charge on any atom is 0.227 e. The first-order valence-corrected chi connectivity index (χ1v) is 7.52. The summed E-state index contributed by atoms with van der Waals surface area (Å²) in [6, 6.07) is 4.29. The van der Waals surface area contributed by atoms with E-state index < -0.39 is 0 Å². The van der Waals surface area contributed by atoms with Crippen molar-refractivity contribution in [2.75, 3.05) is 11.9 Å². The summed E-state index contributed by atoms with van der Waals surface area (Å²) in [6.45, 7) is 6.57. The Morgan fingerprint density at radius 3 is 2.76 bits per heavy atom. The van der Waals surface area contributed by atoms with Gasteiger partial charge in [-0.05, 0) is 48.3 Å². The SMILES string of the molecule is CCCNc1nc(C)nc(Oc2cc(F)ccc2Br)c1C. The number of aryl methyl sites for hydroxylation is 1. The Balaban J connectivity index is 2.35. The number of halogens is 2. The van der Waals surface area contributed by atoms with Crippen molar-refractivity contribution in [1.82, 2.24) is 9.97 Å². The van der Waals surface area contributed by atoms with Gasteiger partial charge in [0.2, 0.25) is 5.88 Å². The second-order valence-corrected chi connectivity index (χ2v) is 5.51. The summed E-state index contributed by atoms with van der Waals surface area (Å²) in [5, 5.41) is 3.24. The lowest BCUT2D eigenvalue weighted by atomic mass is 10.3. The van der Waals surface area contributed by atoms with Crippen LogP contribution in [0.25, 0.3) is 0 Å². The summed E-state index contributed by atoms with van der Waals surface area (Å²) in [5.41, 5.74) is 0.796. The molecule has 1 aromatic heterocycles. The number of anilines is 1. The molecule has 0 spiro atoms. The number of aromatic nitrogens is 2. The van der Waals surface area contributed by atoms with E-state index in [1.807, 2.05) is 6.92 Å². The second kappa shape index (κ2) is 6.85. The first kappa shape index (κ1) is 15.7. The van der Waals surface area contributed by atoms with Gasteiger partial charge in [-0.15, -0.1) is 0 Å². The maximum atomic E-state index is 13.3. The van der Waals surface area contributed by atoms with E-state index >= 15 is 0 Å². The largest absolute Gasteiger partial charge is 0.437 e. The molecule has 2 rings (SSSR count). The third kappa shape index (κ3) is 3.91. The molecule has 0 amide bonds. The van der Waals surface area contributed by atoms with Crippen LogP contribution in [0.2, 0.25) is 0 Å². The fraction of sp³-hybridized carbons (Fsp3) is 0.333. The summed E-state index contributed by atoms with van der Waals surface area (Å²) in [5.74, 6) is 1.79. The Labute approximate surface area is 131 Å². The number of benzene rings is 1. The van der Waals surface area contributed by atoms with Crippen LogP contribution in [0, 0.1) is 19.7 Å². The van der Waals surface area contributed by atoms with Crippen LogP contribution in [0.5, 0.6) is 11.6 Å². The van der Waals surface area contributed by atoms with Crippen molar-refractivity contribution in [1.29, 1.82) is 0 Å². The highest BCUT2D eigenvalue weighted by Gasteiger charge is 2.13. The summed E-state index contributed by atoms with van der Waals surface area (Å²) in [4.78, 5) is 8.66. The number of hydrogen-bond donors (Lipinski definition) is 1. The Morgan fingerprint density at radius 1 is 1.29 bits per heavy atom. The van der Waals surface area contributed by atoms with Gasteiger partial charge in [0.25, 0.3) is 0 Å². The molecule has 21 heavy (non-hydrogen) atoms. The zero-order chi connectivity index (χ0) is 15.4. The van der Waals surface area contributed by atoms with Crippen LogP contribution in [0.1, 0.15) is 24.7 Å². The molecule has 1 N–H and O–H groups in total. The normalized spacial score (nSPS) is 10.5. The van der Waals surface area contributed by atoms with E-state index in [1.54, 1.807) is 13.0 Å². The fourth-order valence-corrected chi connectivity index (χ4v) is 2.10. The minimum absolute atomic E-state index is 0.360. The van der Waals surface area contributed by atoms with Crippen LogP contribution in [0.15, 0.2) is 22.7 Å². The van der Waals surface area contributed by atoms with E-state index in [0.29, 0.717) is 21.9 Å². The highest BCUT2D eigenvalue weighted by atomic mass is 79.9. The zero-order valence-corrected chi connectivity index (χ0v) is 13.8. The summed E-state index contributed by atoms with van der Waals surface area (Å²) in [7, 11) is 0. The zero-order valence-electron chi connectivity index (χ0n) is 12.2. The predicted molar refractivity (Wildman–Crippen MR) is 84.5 cm³/mol. The van der Waals surface area contributed by atoms with Crippen molar-refractivity contribution in [2.45, 2.75) is 27.2 Å². The first-order valence-electron chi connectivity index (χ1n) is 6.73. The molecule has 1 aromatic carbocycles. The lowest BCUT2D eigenvalue weighted by Gasteiger charge is -2.13. The highest BCUT2D eigenvalue weighted by molar-refractivity contribution is 9.10. The standard InChI is InChI=1S/C15H17BrFN3O/c1-4-7-18-14-9(2)15(20-10(3)19-14)21-13-8-11(17)5-6-12(13)16/h5-6,8H,4,7H2,1-3H3,(H,18,19,20). The molecule has 0 fully saturated rings. The van der Waals surface area contributed by atoms with Crippen molar-refractivity contribution < 1.29 is 9.13 Å². The molecule has 0 aliphatic rings. The maximum absolute atomic E-state index is 13.3. The third-order valence-electron chi connectivity index (χ3n) is 2.86. The molecule has 6 heteroatoms. The molecular weight excluding hydrogens is 337 g/mol. The highest BCUT2D eigenvalue weighted by Crippen LogP contribution is 2.32. The Morgan fingerprint density at radius 2 is 2.05 bits per heavy atom. The molecule has 2 aromatic rings. The van der Waals surface area contributed by atoms with Gasteiger partial charge in [-0.2, -0.15) is 4.98 Å². The van der Waals surface area contributed by atoms with Crippen LogP contribution in [-0.2, 0) is 0 Å². The molecule has 0 saturated heterocycles. The van der Waals surface area contributed by atoms with Crippen LogP contribution in [-0.4, -0.2) is 16.5 Å². The number of hydrogen-bond acceptors (Lipinski definition) is 4. The van der Waals surface area contributed by atoms with Gasteiger partial charge in [0, 0.05) is 12.6 Å². The molecule has 112 valence electrons. The molecule has 0 aliphatic carbocycles. The monoisotopic (exact) mass is 353 g/mol. The van der Waals surface area contributed by atoms with Crippen LogP contribution in [0.4, 0.5) is 10.2 Å². The van der Waals surface area contributed by atoms with Crippen LogP contribution < -0.4 is 10.1 Å². The molecule has 0 saturated carbocycles. The molecule has 0 aliphatic heterocycles. The Bertz CT molecular complexity index is 649. The number of rotatable bonds is 5. The minimum atomic E-state index is -0.360. The van der Waals surface area contributed by atoms with E-state index in [1.165, 1.54) is 12.1 Å². The average Bonchev–Trinajstić information content (AvgIpc) is 2.44. The Kier molecular flexibility index (Phi) is 5.12. The van der Waals surface area contributed by atoms with E-state index in [2.05, 4.69) is 38.1 Å². The summed E-state index contributed by atoms with van der Waals surface area (Å²) in [6.07, 6.45) is 0.994. The molecular formula is C15H17BrFN3O. The lowest BCUT2D eigenvalue weighted by Crippen LogP contribution is -2.07. The van der Waals surface area contributed by atoms with Gasteiger partial charge in [0.1, 0.15) is 23.2 Å². The van der Waals surface area contributed by atoms with Crippen LogP contribution in [0.3, 0.4) is 0 Å².